The number of hydrogen-bond donors (Lipinski definition) is 1. The van der Waals surface area contributed by atoms with Gasteiger partial charge >= 0.3 is 0 Å². The van der Waals surface area contributed by atoms with Gasteiger partial charge in [-0.25, -0.2) is 0 Å². The van der Waals surface area contributed by atoms with Gasteiger partial charge in [0.25, 0.3) is 0 Å². The molecule has 1 aliphatic heterocycles. The quantitative estimate of drug-likeness (QED) is 0.599. The van der Waals surface area contributed by atoms with Crippen LogP contribution in [0.15, 0.2) is 78.9 Å². The minimum absolute atomic E-state index is 0.0209. The van der Waals surface area contributed by atoms with Gasteiger partial charge in [-0.05, 0) is 47.2 Å². The van der Waals surface area contributed by atoms with Crippen molar-refractivity contribution in [1.29, 1.82) is 0 Å². The Labute approximate surface area is 195 Å². The number of methoxy groups -OCH3 is 1. The fourth-order valence-electron chi connectivity index (χ4n) is 4.24. The van der Waals surface area contributed by atoms with Gasteiger partial charge in [-0.3, -0.25) is 9.59 Å². The number of rotatable bonds is 7. The van der Waals surface area contributed by atoms with E-state index in [0.717, 1.165) is 34.4 Å². The van der Waals surface area contributed by atoms with E-state index in [0.29, 0.717) is 32.5 Å². The Morgan fingerprint density at radius 2 is 1.61 bits per heavy atom. The second kappa shape index (κ2) is 10.8. The molecule has 0 saturated carbocycles. The molecule has 0 bridgehead atoms. The third-order valence-electron chi connectivity index (χ3n) is 6.17. The van der Waals surface area contributed by atoms with Crippen LogP contribution in [0.1, 0.15) is 17.5 Å². The Kier molecular flexibility index (Phi) is 7.40. The first kappa shape index (κ1) is 22.6. The largest absolute Gasteiger partial charge is 0.497 e. The van der Waals surface area contributed by atoms with Crippen molar-refractivity contribution < 1.29 is 14.3 Å². The van der Waals surface area contributed by atoms with Crippen LogP contribution >= 0.6 is 0 Å². The van der Waals surface area contributed by atoms with E-state index in [4.69, 9.17) is 4.74 Å². The summed E-state index contributed by atoms with van der Waals surface area (Å²) in [6.45, 7) is 1.52. The zero-order valence-corrected chi connectivity index (χ0v) is 19.0. The van der Waals surface area contributed by atoms with Crippen LogP contribution in [0.5, 0.6) is 5.75 Å². The molecule has 2 amide bonds. The summed E-state index contributed by atoms with van der Waals surface area (Å²) in [6, 6.07) is 26.3. The highest BCUT2D eigenvalue weighted by atomic mass is 16.5. The summed E-state index contributed by atoms with van der Waals surface area (Å²) in [5.74, 6) is 0.709. The van der Waals surface area contributed by atoms with Gasteiger partial charge in [0.15, 0.2) is 0 Å². The summed E-state index contributed by atoms with van der Waals surface area (Å²) in [4.78, 5) is 27.4. The summed E-state index contributed by atoms with van der Waals surface area (Å²) in [7, 11) is 1.66. The van der Waals surface area contributed by atoms with Gasteiger partial charge in [0.2, 0.25) is 11.8 Å². The number of hydrogen-bond acceptors (Lipinski definition) is 3. The third kappa shape index (κ3) is 6.01. The molecule has 0 aromatic heterocycles. The van der Waals surface area contributed by atoms with E-state index in [9.17, 15) is 9.59 Å². The number of benzene rings is 3. The number of amides is 2. The topological polar surface area (TPSA) is 58.6 Å². The maximum absolute atomic E-state index is 12.9. The molecule has 1 atom stereocenters. The average molecular weight is 443 g/mol. The maximum atomic E-state index is 12.9. The van der Waals surface area contributed by atoms with Gasteiger partial charge in [-0.1, -0.05) is 66.7 Å². The zero-order valence-electron chi connectivity index (χ0n) is 19.0. The van der Waals surface area contributed by atoms with Crippen molar-refractivity contribution in [2.24, 2.45) is 5.92 Å². The average Bonchev–Trinajstić information content (AvgIpc) is 3.05. The van der Waals surface area contributed by atoms with Gasteiger partial charge in [0.1, 0.15) is 5.75 Å². The number of nitrogens with zero attached hydrogens (tertiary/aromatic N) is 1. The molecule has 1 saturated heterocycles. The molecule has 1 aliphatic rings. The minimum atomic E-state index is -0.250. The summed E-state index contributed by atoms with van der Waals surface area (Å²) in [5.41, 5.74) is 4.48. The second-order valence-electron chi connectivity index (χ2n) is 8.44. The molecule has 0 aliphatic carbocycles. The Bertz CT molecular complexity index is 1060. The third-order valence-corrected chi connectivity index (χ3v) is 6.17. The van der Waals surface area contributed by atoms with Gasteiger partial charge in [0.05, 0.1) is 13.0 Å². The molecule has 1 N–H and O–H groups in total. The molecule has 1 fully saturated rings. The van der Waals surface area contributed by atoms with Gasteiger partial charge < -0.3 is 15.0 Å². The van der Waals surface area contributed by atoms with Crippen molar-refractivity contribution in [1.82, 2.24) is 10.2 Å². The molecule has 3 aromatic rings. The Morgan fingerprint density at radius 1 is 0.939 bits per heavy atom. The molecule has 0 radical (unpaired) electrons. The molecule has 4 rings (SSSR count). The van der Waals surface area contributed by atoms with E-state index >= 15 is 0 Å². The van der Waals surface area contributed by atoms with E-state index in [1.54, 1.807) is 7.11 Å². The van der Waals surface area contributed by atoms with Gasteiger partial charge in [-0.15, -0.1) is 0 Å². The Hall–Kier alpha value is -3.60. The lowest BCUT2D eigenvalue weighted by molar-refractivity contribution is -0.132. The summed E-state index contributed by atoms with van der Waals surface area (Å²) in [5, 5.41) is 2.98. The molecular formula is C28H30N2O3. The van der Waals surface area contributed by atoms with Crippen molar-refractivity contribution in [3.63, 3.8) is 0 Å². The first-order chi connectivity index (χ1) is 16.1. The highest BCUT2D eigenvalue weighted by Crippen LogP contribution is 2.24. The van der Waals surface area contributed by atoms with Crippen LogP contribution in [-0.4, -0.2) is 43.5 Å². The SMILES string of the molecule is COc1ccc(-c2ccc(CC3CN(C(=O)CCc4ccccc4)CCNC3=O)cc2)cc1. The lowest BCUT2D eigenvalue weighted by Crippen LogP contribution is -2.37. The van der Waals surface area contributed by atoms with Crippen molar-refractivity contribution >= 4 is 11.8 Å². The normalized spacial score (nSPS) is 16.1. The van der Waals surface area contributed by atoms with Crippen molar-refractivity contribution in [3.8, 4) is 16.9 Å². The number of nitrogens with one attached hydrogen (secondary N) is 1. The molecule has 5 nitrogen and oxygen atoms in total. The fraction of sp³-hybridized carbons (Fsp3) is 0.286. The summed E-state index contributed by atoms with van der Waals surface area (Å²) >= 11 is 0. The monoisotopic (exact) mass is 442 g/mol. The van der Waals surface area contributed by atoms with E-state index in [1.807, 2.05) is 59.5 Å². The van der Waals surface area contributed by atoms with Crippen LogP contribution in [0.2, 0.25) is 0 Å². The molecule has 1 unspecified atom stereocenters. The van der Waals surface area contributed by atoms with Crippen LogP contribution in [0.4, 0.5) is 0 Å². The second-order valence-corrected chi connectivity index (χ2v) is 8.44. The first-order valence-electron chi connectivity index (χ1n) is 11.4. The number of ether oxygens (including phenoxy) is 1. The predicted molar refractivity (Wildman–Crippen MR) is 130 cm³/mol. The molecule has 33 heavy (non-hydrogen) atoms. The Morgan fingerprint density at radius 3 is 2.27 bits per heavy atom. The maximum Gasteiger partial charge on any atom is 0.225 e. The van der Waals surface area contributed by atoms with Crippen LogP contribution in [0.25, 0.3) is 11.1 Å². The van der Waals surface area contributed by atoms with E-state index in [1.165, 1.54) is 0 Å². The summed E-state index contributed by atoms with van der Waals surface area (Å²) < 4.78 is 5.23. The molecule has 1 heterocycles. The van der Waals surface area contributed by atoms with E-state index in [-0.39, 0.29) is 17.7 Å². The lowest BCUT2D eigenvalue weighted by Gasteiger charge is -2.23. The van der Waals surface area contributed by atoms with Crippen LogP contribution in [0.3, 0.4) is 0 Å². The standard InChI is InChI=1S/C28H30N2O3/c1-33-26-14-12-24(13-15-26)23-10-7-22(8-11-23)19-25-20-30(18-17-29-28(25)32)27(31)16-9-21-5-3-2-4-6-21/h2-8,10-15,25H,9,16-20H2,1H3,(H,29,32). The molecule has 170 valence electrons. The molecule has 0 spiro atoms. The molecular weight excluding hydrogens is 412 g/mol. The highest BCUT2D eigenvalue weighted by Gasteiger charge is 2.27. The molecule has 5 heteroatoms. The fourth-order valence-corrected chi connectivity index (χ4v) is 4.24. The van der Waals surface area contributed by atoms with E-state index in [2.05, 4.69) is 29.6 Å². The van der Waals surface area contributed by atoms with Gasteiger partial charge in [-0.2, -0.15) is 0 Å². The van der Waals surface area contributed by atoms with E-state index < -0.39 is 0 Å². The van der Waals surface area contributed by atoms with Crippen LogP contribution in [0, 0.1) is 5.92 Å². The van der Waals surface area contributed by atoms with Crippen molar-refractivity contribution in [3.05, 3.63) is 90.0 Å². The molecule has 3 aromatic carbocycles. The Balaban J connectivity index is 1.38. The number of aryl methyl sites for hydroxylation is 1. The number of carbonyl (C=O) groups is 2. The highest BCUT2D eigenvalue weighted by molar-refractivity contribution is 5.82. The first-order valence-corrected chi connectivity index (χ1v) is 11.4. The van der Waals surface area contributed by atoms with Crippen molar-refractivity contribution in [2.75, 3.05) is 26.7 Å². The minimum Gasteiger partial charge on any atom is -0.497 e. The lowest BCUT2D eigenvalue weighted by atomic mass is 9.96. The number of carbonyl (C=O) groups excluding carboxylic acids is 2. The van der Waals surface area contributed by atoms with Crippen molar-refractivity contribution in [2.45, 2.75) is 19.3 Å². The van der Waals surface area contributed by atoms with Gasteiger partial charge in [0, 0.05) is 26.1 Å². The zero-order chi connectivity index (χ0) is 23.0. The van der Waals surface area contributed by atoms with Crippen LogP contribution in [-0.2, 0) is 22.4 Å². The predicted octanol–water partition coefficient (Wildman–Crippen LogP) is 4.11. The van der Waals surface area contributed by atoms with Crippen LogP contribution < -0.4 is 10.1 Å². The smallest absolute Gasteiger partial charge is 0.225 e. The summed E-state index contributed by atoms with van der Waals surface area (Å²) in [6.07, 6.45) is 1.79.